The molecule has 9 nitrogen and oxygen atoms in total. The van der Waals surface area contributed by atoms with Gasteiger partial charge in [-0.1, -0.05) is 47.5 Å². The Labute approximate surface area is 241 Å². The van der Waals surface area contributed by atoms with Gasteiger partial charge < -0.3 is 24.8 Å². The average molecular weight is 580 g/mol. The van der Waals surface area contributed by atoms with Gasteiger partial charge in [0.1, 0.15) is 24.7 Å². The Morgan fingerprint density at radius 2 is 1.88 bits per heavy atom. The lowest BCUT2D eigenvalue weighted by molar-refractivity contribution is -0.113. The Kier molecular flexibility index (Phi) is 8.14. The molecular weight excluding hydrogens is 553 g/mol. The van der Waals surface area contributed by atoms with Crippen molar-refractivity contribution >= 4 is 40.7 Å². The summed E-state index contributed by atoms with van der Waals surface area (Å²) in [6.07, 6.45) is 1.44. The predicted molar refractivity (Wildman–Crippen MR) is 155 cm³/mol. The van der Waals surface area contributed by atoms with Gasteiger partial charge >= 0.3 is 0 Å². The number of rotatable bonds is 9. The first-order valence-corrected chi connectivity index (χ1v) is 13.3. The molecule has 3 aromatic carbocycles. The first-order chi connectivity index (χ1) is 19.4. The zero-order valence-electron chi connectivity index (χ0n) is 22.1. The van der Waals surface area contributed by atoms with Crippen LogP contribution < -0.4 is 24.8 Å². The molecule has 0 aliphatic carbocycles. The number of benzene rings is 3. The van der Waals surface area contributed by atoms with Crippen LogP contribution in [-0.2, 0) is 11.4 Å². The molecule has 40 heavy (non-hydrogen) atoms. The monoisotopic (exact) mass is 579 g/mol. The number of aromatic nitrogens is 3. The third-order valence-corrected chi connectivity index (χ3v) is 6.96. The molecule has 2 N–H and O–H groups in total. The van der Waals surface area contributed by atoms with Crippen molar-refractivity contribution in [2.45, 2.75) is 26.5 Å². The highest BCUT2D eigenvalue weighted by molar-refractivity contribution is 6.35. The summed E-state index contributed by atoms with van der Waals surface area (Å²) in [6.45, 7) is 4.36. The highest BCUT2D eigenvalue weighted by atomic mass is 35.5. The summed E-state index contributed by atoms with van der Waals surface area (Å²) >= 11 is 12.4. The molecule has 1 aliphatic rings. The molecule has 0 fully saturated rings. The second-order valence-corrected chi connectivity index (χ2v) is 9.76. The number of methoxy groups -OCH3 is 1. The summed E-state index contributed by atoms with van der Waals surface area (Å²) in [7, 11) is 1.56. The molecule has 0 radical (unpaired) electrons. The molecule has 1 atom stereocenters. The van der Waals surface area contributed by atoms with E-state index in [0.717, 1.165) is 11.1 Å². The number of carbonyl (C=O) groups excluding carboxylic acids is 1. The zero-order valence-corrected chi connectivity index (χ0v) is 23.6. The molecular formula is C29H27Cl2N5O4. The van der Waals surface area contributed by atoms with E-state index in [1.807, 2.05) is 50.2 Å². The van der Waals surface area contributed by atoms with Crippen molar-refractivity contribution in [3.8, 4) is 17.2 Å². The standard InChI is InChI=1S/C29H27Cl2N5O4/c1-4-39-25-13-18(10-12-24(25)40-15-19-9-11-20(30)14-21(19)31)27-26(17(2)34-29-32-16-33-36(27)29)28(37)35-22-7-5-6-8-23(22)38-3/h5-14,16,27H,4,15H2,1-3H3,(H,35,37)(H,32,33,34). The van der Waals surface area contributed by atoms with Gasteiger partial charge in [0.25, 0.3) is 5.91 Å². The van der Waals surface area contributed by atoms with Crippen molar-refractivity contribution in [1.82, 2.24) is 14.8 Å². The second kappa shape index (κ2) is 11.9. The summed E-state index contributed by atoms with van der Waals surface area (Å²) in [6, 6.07) is 17.5. The fourth-order valence-electron chi connectivity index (χ4n) is 4.51. The fourth-order valence-corrected chi connectivity index (χ4v) is 4.97. The van der Waals surface area contributed by atoms with E-state index in [4.69, 9.17) is 37.4 Å². The summed E-state index contributed by atoms with van der Waals surface area (Å²) < 4.78 is 19.1. The SMILES string of the molecule is CCOc1cc(C2C(C(=O)Nc3ccccc3OC)=C(C)Nc3ncnn32)ccc1OCc1ccc(Cl)cc1Cl. The number of carbonyl (C=O) groups is 1. The van der Waals surface area contributed by atoms with Crippen molar-refractivity contribution in [3.63, 3.8) is 0 Å². The highest BCUT2D eigenvalue weighted by Gasteiger charge is 2.34. The van der Waals surface area contributed by atoms with Gasteiger partial charge in [-0.15, -0.1) is 0 Å². The fraction of sp³-hybridized carbons (Fsp3) is 0.207. The van der Waals surface area contributed by atoms with E-state index in [1.54, 1.807) is 36.1 Å². The molecule has 1 aromatic heterocycles. The van der Waals surface area contributed by atoms with Crippen LogP contribution in [0.25, 0.3) is 0 Å². The zero-order chi connectivity index (χ0) is 28.2. The van der Waals surface area contributed by atoms with Crippen molar-refractivity contribution < 1.29 is 19.0 Å². The van der Waals surface area contributed by atoms with Crippen molar-refractivity contribution in [1.29, 1.82) is 0 Å². The van der Waals surface area contributed by atoms with Crippen LogP contribution >= 0.6 is 23.2 Å². The smallest absolute Gasteiger partial charge is 0.255 e. The molecule has 5 rings (SSSR count). The van der Waals surface area contributed by atoms with Gasteiger partial charge in [-0.25, -0.2) is 4.68 Å². The summed E-state index contributed by atoms with van der Waals surface area (Å²) in [5.41, 5.74) is 3.22. The number of fused-ring (bicyclic) bond motifs is 1. The number of nitrogens with one attached hydrogen (secondary N) is 2. The van der Waals surface area contributed by atoms with Crippen LogP contribution in [0.15, 0.2) is 78.3 Å². The molecule has 0 saturated carbocycles. The molecule has 2 heterocycles. The third kappa shape index (κ3) is 5.57. The van der Waals surface area contributed by atoms with Gasteiger partial charge in [-0.2, -0.15) is 10.1 Å². The minimum Gasteiger partial charge on any atom is -0.495 e. The molecule has 0 saturated heterocycles. The van der Waals surface area contributed by atoms with E-state index in [9.17, 15) is 4.79 Å². The number of halogens is 2. The van der Waals surface area contributed by atoms with Gasteiger partial charge in [-0.3, -0.25) is 4.79 Å². The topological polar surface area (TPSA) is 99.5 Å². The van der Waals surface area contributed by atoms with E-state index >= 15 is 0 Å². The van der Waals surface area contributed by atoms with Crippen LogP contribution in [0, 0.1) is 0 Å². The Morgan fingerprint density at radius 3 is 2.65 bits per heavy atom. The van der Waals surface area contributed by atoms with Gasteiger partial charge in [0.15, 0.2) is 11.5 Å². The molecule has 4 aromatic rings. The molecule has 1 amide bonds. The van der Waals surface area contributed by atoms with Crippen molar-refractivity contribution in [3.05, 3.63) is 99.4 Å². The molecule has 1 unspecified atom stereocenters. The van der Waals surface area contributed by atoms with Crippen LogP contribution in [0.1, 0.15) is 31.0 Å². The largest absolute Gasteiger partial charge is 0.495 e. The molecule has 1 aliphatic heterocycles. The predicted octanol–water partition coefficient (Wildman–Crippen LogP) is 6.50. The Bertz CT molecular complexity index is 1590. The second-order valence-electron chi connectivity index (χ2n) is 8.91. The molecule has 206 valence electrons. The number of hydrogen-bond acceptors (Lipinski definition) is 7. The van der Waals surface area contributed by atoms with Crippen LogP contribution in [0.4, 0.5) is 11.6 Å². The van der Waals surface area contributed by atoms with E-state index in [2.05, 4.69) is 20.7 Å². The number of para-hydroxylation sites is 2. The Morgan fingerprint density at radius 1 is 1.05 bits per heavy atom. The van der Waals surface area contributed by atoms with Gasteiger partial charge in [0.2, 0.25) is 5.95 Å². The van der Waals surface area contributed by atoms with Crippen LogP contribution in [0.2, 0.25) is 10.0 Å². The van der Waals surface area contributed by atoms with Gasteiger partial charge in [0, 0.05) is 21.3 Å². The first kappa shape index (κ1) is 27.4. The number of ether oxygens (including phenoxy) is 3. The summed E-state index contributed by atoms with van der Waals surface area (Å²) in [5, 5.41) is 11.7. The first-order valence-electron chi connectivity index (χ1n) is 12.5. The maximum absolute atomic E-state index is 13.8. The van der Waals surface area contributed by atoms with E-state index in [0.29, 0.717) is 56.8 Å². The maximum atomic E-state index is 13.8. The Balaban J connectivity index is 1.49. The highest BCUT2D eigenvalue weighted by Crippen LogP contribution is 2.39. The molecule has 11 heteroatoms. The summed E-state index contributed by atoms with van der Waals surface area (Å²) in [5.74, 6) is 1.82. The van der Waals surface area contributed by atoms with Crippen LogP contribution in [-0.4, -0.2) is 34.4 Å². The minimum atomic E-state index is -0.590. The number of hydrogen-bond donors (Lipinski definition) is 2. The molecule has 0 bridgehead atoms. The van der Waals surface area contributed by atoms with E-state index < -0.39 is 6.04 Å². The number of allylic oxidation sites excluding steroid dienone is 1. The van der Waals surface area contributed by atoms with Crippen LogP contribution in [0.5, 0.6) is 17.2 Å². The lowest BCUT2D eigenvalue weighted by Gasteiger charge is -2.29. The normalized spacial score (nSPS) is 14.3. The number of amides is 1. The minimum absolute atomic E-state index is 0.224. The lowest BCUT2D eigenvalue weighted by atomic mass is 9.94. The number of anilines is 2. The van der Waals surface area contributed by atoms with Crippen molar-refractivity contribution in [2.75, 3.05) is 24.4 Å². The van der Waals surface area contributed by atoms with Crippen LogP contribution in [0.3, 0.4) is 0 Å². The van der Waals surface area contributed by atoms with E-state index in [-0.39, 0.29) is 12.5 Å². The maximum Gasteiger partial charge on any atom is 0.255 e. The van der Waals surface area contributed by atoms with E-state index in [1.165, 1.54) is 6.33 Å². The quantitative estimate of drug-likeness (QED) is 0.233. The van der Waals surface area contributed by atoms with Gasteiger partial charge in [-0.05, 0) is 55.8 Å². The average Bonchev–Trinajstić information content (AvgIpc) is 3.41. The Hall–Kier alpha value is -4.21. The lowest BCUT2D eigenvalue weighted by Crippen LogP contribution is -2.31. The van der Waals surface area contributed by atoms with Gasteiger partial charge in [0.05, 0.1) is 25.0 Å². The molecule has 0 spiro atoms. The number of nitrogens with zero attached hydrogens (tertiary/aromatic N) is 3. The van der Waals surface area contributed by atoms with Crippen molar-refractivity contribution in [2.24, 2.45) is 0 Å². The summed E-state index contributed by atoms with van der Waals surface area (Å²) in [4.78, 5) is 18.1. The third-order valence-electron chi connectivity index (χ3n) is 6.38.